The van der Waals surface area contributed by atoms with Crippen LogP contribution in [0, 0.1) is 11.3 Å². The van der Waals surface area contributed by atoms with E-state index in [4.69, 9.17) is 4.74 Å². The Balaban J connectivity index is 0.00000116. The van der Waals surface area contributed by atoms with Crippen LogP contribution in [0.15, 0.2) is 0 Å². The average molecular weight is 314 g/mol. The quantitative estimate of drug-likeness (QED) is 0.728. The molecule has 0 radical (unpaired) electrons. The first-order chi connectivity index (χ1) is 9.85. The average Bonchev–Trinajstić information content (AvgIpc) is 2.24. The minimum absolute atomic E-state index is 0.258. The van der Waals surface area contributed by atoms with Gasteiger partial charge in [-0.1, -0.05) is 20.8 Å². The van der Waals surface area contributed by atoms with E-state index in [2.05, 4.69) is 6.92 Å². The Bertz CT molecular complexity index is 406. The molecular formula is C18H34O4. The summed E-state index contributed by atoms with van der Waals surface area (Å²) in [6.45, 7) is 13.3. The minimum Gasteiger partial charge on any atom is -0.458 e. The van der Waals surface area contributed by atoms with Crippen molar-refractivity contribution in [3.05, 3.63) is 0 Å². The molecule has 0 heterocycles. The second-order valence-electron chi connectivity index (χ2n) is 8.59. The normalized spacial score (nSPS) is 41.2. The lowest BCUT2D eigenvalue weighted by atomic mass is 9.59. The van der Waals surface area contributed by atoms with Crippen molar-refractivity contribution in [2.45, 2.75) is 97.4 Å². The van der Waals surface area contributed by atoms with Crippen LogP contribution in [-0.4, -0.2) is 33.0 Å². The summed E-state index contributed by atoms with van der Waals surface area (Å²) in [4.78, 5) is 12.3. The summed E-state index contributed by atoms with van der Waals surface area (Å²) in [7, 11) is 0. The Morgan fingerprint density at radius 2 is 1.64 bits per heavy atom. The summed E-state index contributed by atoms with van der Waals surface area (Å²) in [5.74, 6) is 0.0317. The van der Waals surface area contributed by atoms with Gasteiger partial charge in [0.25, 0.3) is 0 Å². The summed E-state index contributed by atoms with van der Waals surface area (Å²) in [5.41, 5.74) is -3.20. The Labute approximate surface area is 135 Å². The number of esters is 1. The van der Waals surface area contributed by atoms with Crippen LogP contribution in [0.5, 0.6) is 0 Å². The molecule has 130 valence electrons. The molecule has 0 aromatic carbocycles. The van der Waals surface area contributed by atoms with Gasteiger partial charge in [-0.3, -0.25) is 4.79 Å². The van der Waals surface area contributed by atoms with Gasteiger partial charge in [0, 0.05) is 19.3 Å². The lowest BCUT2D eigenvalue weighted by molar-refractivity contribution is -0.227. The van der Waals surface area contributed by atoms with Gasteiger partial charge in [-0.2, -0.15) is 0 Å². The van der Waals surface area contributed by atoms with Crippen LogP contribution in [0.2, 0.25) is 0 Å². The van der Waals surface area contributed by atoms with Crippen molar-refractivity contribution in [3.8, 4) is 0 Å². The Hall–Kier alpha value is -0.610. The summed E-state index contributed by atoms with van der Waals surface area (Å²) in [6.07, 6.45) is 2.60. The third-order valence-corrected chi connectivity index (χ3v) is 4.43. The smallest absolute Gasteiger partial charge is 0.311 e. The maximum Gasteiger partial charge on any atom is 0.311 e. The number of carbonyl (C=O) groups excluding carboxylic acids is 1. The van der Waals surface area contributed by atoms with Gasteiger partial charge >= 0.3 is 5.97 Å². The fourth-order valence-electron chi connectivity index (χ4n) is 4.30. The highest BCUT2D eigenvalue weighted by Gasteiger charge is 2.58. The molecule has 22 heavy (non-hydrogen) atoms. The number of rotatable bonds is 1. The van der Waals surface area contributed by atoms with E-state index < -0.39 is 22.2 Å². The van der Waals surface area contributed by atoms with E-state index in [9.17, 15) is 15.0 Å². The minimum atomic E-state index is -0.981. The van der Waals surface area contributed by atoms with Crippen LogP contribution in [0.4, 0.5) is 0 Å². The van der Waals surface area contributed by atoms with Gasteiger partial charge in [0.15, 0.2) is 0 Å². The molecule has 2 saturated carbocycles. The molecule has 2 N–H and O–H groups in total. The fraction of sp³-hybridized carbons (Fsp3) is 0.944. The van der Waals surface area contributed by atoms with Gasteiger partial charge in [-0.15, -0.1) is 0 Å². The zero-order valence-corrected chi connectivity index (χ0v) is 15.3. The highest BCUT2D eigenvalue weighted by Crippen LogP contribution is 2.53. The second-order valence-corrected chi connectivity index (χ2v) is 8.59. The number of fused-ring (bicyclic) bond motifs is 2. The molecule has 4 heteroatoms. The first kappa shape index (κ1) is 19.4. The molecule has 0 amide bonds. The van der Waals surface area contributed by atoms with Crippen molar-refractivity contribution in [3.63, 3.8) is 0 Å². The molecule has 0 aromatic heterocycles. The highest BCUT2D eigenvalue weighted by atomic mass is 16.6. The molecule has 2 bridgehead atoms. The first-order valence-corrected chi connectivity index (χ1v) is 8.53. The number of hydrogen-bond donors (Lipinski definition) is 2. The zero-order chi connectivity index (χ0) is 17.4. The number of ether oxygens (including phenoxy) is 1. The van der Waals surface area contributed by atoms with E-state index in [1.165, 1.54) is 0 Å². The molecule has 0 aliphatic heterocycles. The van der Waals surface area contributed by atoms with Crippen molar-refractivity contribution in [2.24, 2.45) is 11.3 Å². The number of carbonyl (C=O) groups is 1. The van der Waals surface area contributed by atoms with Gasteiger partial charge in [0.1, 0.15) is 5.60 Å². The maximum absolute atomic E-state index is 12.3. The third-order valence-electron chi connectivity index (χ3n) is 4.43. The Morgan fingerprint density at radius 3 is 2.14 bits per heavy atom. The van der Waals surface area contributed by atoms with E-state index in [1.54, 1.807) is 6.92 Å². The molecular weight excluding hydrogens is 280 g/mol. The third kappa shape index (κ3) is 4.45. The Morgan fingerprint density at radius 1 is 1.09 bits per heavy atom. The zero-order valence-electron chi connectivity index (χ0n) is 15.3. The standard InChI is InChI=1S/C16H28O4.C2H6/c1-11-6-15(19)8-14(5,18)9-16(7-11,10-15)20-12(17)13(2,3)4;1-2/h11,18-19H,6-10H2,1-5H3;1-2H3. The predicted octanol–water partition coefficient (Wildman–Crippen LogP) is 3.44. The summed E-state index contributed by atoms with van der Waals surface area (Å²) in [5, 5.41) is 21.2. The SMILES string of the molecule is CC.CC1CC2(O)CC(C)(O)CC(OC(=O)C(C)(C)C)(C1)C2. The van der Waals surface area contributed by atoms with Crippen LogP contribution in [0.1, 0.15) is 80.6 Å². The van der Waals surface area contributed by atoms with Gasteiger partial charge in [0.05, 0.1) is 16.6 Å². The highest BCUT2D eigenvalue weighted by molar-refractivity contribution is 5.75. The van der Waals surface area contributed by atoms with E-state index in [-0.39, 0.29) is 11.9 Å². The molecule has 0 spiro atoms. The lowest BCUT2D eigenvalue weighted by Gasteiger charge is -2.55. The van der Waals surface area contributed by atoms with Gasteiger partial charge in [-0.25, -0.2) is 0 Å². The predicted molar refractivity (Wildman–Crippen MR) is 87.4 cm³/mol. The van der Waals surface area contributed by atoms with Crippen LogP contribution in [0.3, 0.4) is 0 Å². The van der Waals surface area contributed by atoms with Crippen LogP contribution in [0.25, 0.3) is 0 Å². The molecule has 4 nitrogen and oxygen atoms in total. The van der Waals surface area contributed by atoms with E-state index >= 15 is 0 Å². The Kier molecular flexibility index (Phi) is 5.41. The lowest BCUT2D eigenvalue weighted by Crippen LogP contribution is -2.61. The van der Waals surface area contributed by atoms with Crippen molar-refractivity contribution in [1.82, 2.24) is 0 Å². The maximum atomic E-state index is 12.3. The fourth-order valence-corrected chi connectivity index (χ4v) is 4.30. The molecule has 0 aromatic rings. The monoisotopic (exact) mass is 314 g/mol. The van der Waals surface area contributed by atoms with Gasteiger partial charge < -0.3 is 14.9 Å². The molecule has 4 atom stereocenters. The molecule has 2 fully saturated rings. The van der Waals surface area contributed by atoms with E-state index in [1.807, 2.05) is 34.6 Å². The largest absolute Gasteiger partial charge is 0.458 e. The molecule has 0 saturated heterocycles. The number of hydrogen-bond acceptors (Lipinski definition) is 4. The van der Waals surface area contributed by atoms with Crippen molar-refractivity contribution in [2.75, 3.05) is 0 Å². The van der Waals surface area contributed by atoms with Crippen LogP contribution in [-0.2, 0) is 9.53 Å². The van der Waals surface area contributed by atoms with Gasteiger partial charge in [-0.05, 0) is 46.5 Å². The van der Waals surface area contributed by atoms with Gasteiger partial charge in [0.2, 0.25) is 0 Å². The molecule has 2 rings (SSSR count). The topological polar surface area (TPSA) is 66.8 Å². The first-order valence-electron chi connectivity index (χ1n) is 8.53. The van der Waals surface area contributed by atoms with Crippen molar-refractivity contribution < 1.29 is 19.7 Å². The molecule has 4 unspecified atom stereocenters. The summed E-state index contributed by atoms with van der Waals surface area (Å²) < 4.78 is 5.83. The molecule has 2 aliphatic carbocycles. The van der Waals surface area contributed by atoms with E-state index in [0.29, 0.717) is 32.1 Å². The summed E-state index contributed by atoms with van der Waals surface area (Å²) >= 11 is 0. The van der Waals surface area contributed by atoms with Crippen molar-refractivity contribution in [1.29, 1.82) is 0 Å². The summed E-state index contributed by atoms with van der Waals surface area (Å²) in [6, 6.07) is 0. The second kappa shape index (κ2) is 6.12. The number of aliphatic hydroxyl groups is 2. The van der Waals surface area contributed by atoms with Crippen molar-refractivity contribution >= 4 is 5.97 Å². The van der Waals surface area contributed by atoms with Crippen LogP contribution < -0.4 is 0 Å². The molecule has 2 aliphatic rings. The van der Waals surface area contributed by atoms with E-state index in [0.717, 1.165) is 0 Å². The van der Waals surface area contributed by atoms with Crippen LogP contribution >= 0.6 is 0 Å².